The van der Waals surface area contributed by atoms with Gasteiger partial charge in [-0.15, -0.1) is 11.6 Å². The van der Waals surface area contributed by atoms with Gasteiger partial charge in [0.05, 0.1) is 6.61 Å². The Hall–Kier alpha value is -1.75. The first kappa shape index (κ1) is 19.3. The van der Waals surface area contributed by atoms with Crippen molar-refractivity contribution >= 4 is 29.3 Å². The zero-order valence-corrected chi connectivity index (χ0v) is 14.3. The van der Waals surface area contributed by atoms with E-state index in [1.165, 1.54) is 12.5 Å². The van der Waals surface area contributed by atoms with E-state index in [1.54, 1.807) is 0 Å². The Labute approximate surface area is 142 Å². The summed E-state index contributed by atoms with van der Waals surface area (Å²) in [5, 5.41) is 5.45. The minimum absolute atomic E-state index is 0.218. The average Bonchev–Trinajstić information content (AvgIpc) is 2.52. The first-order valence-corrected chi connectivity index (χ1v) is 8.48. The van der Waals surface area contributed by atoms with Gasteiger partial charge in [0.2, 0.25) is 0 Å². The van der Waals surface area contributed by atoms with Crippen LogP contribution >= 0.6 is 11.6 Å². The van der Waals surface area contributed by atoms with E-state index < -0.39 is 0 Å². The van der Waals surface area contributed by atoms with Crippen molar-refractivity contribution in [2.75, 3.05) is 24.3 Å². The van der Waals surface area contributed by atoms with E-state index in [2.05, 4.69) is 16.7 Å². The van der Waals surface area contributed by atoms with Crippen LogP contribution in [-0.4, -0.2) is 31.0 Å². The largest absolute Gasteiger partial charge is 0.466 e. The lowest BCUT2D eigenvalue weighted by molar-refractivity contribution is -0.141. The SMILES string of the molecule is CC(=O)OCCCCCCc1cccc(NC(=O)NCCCl)c1. The van der Waals surface area contributed by atoms with Crippen LogP contribution in [0.3, 0.4) is 0 Å². The molecule has 0 saturated carbocycles. The molecule has 128 valence electrons. The highest BCUT2D eigenvalue weighted by atomic mass is 35.5. The Morgan fingerprint density at radius 1 is 1.17 bits per heavy atom. The number of alkyl halides is 1. The highest BCUT2D eigenvalue weighted by molar-refractivity contribution is 6.18. The lowest BCUT2D eigenvalue weighted by Crippen LogP contribution is -2.30. The van der Waals surface area contributed by atoms with Crippen LogP contribution in [0.25, 0.3) is 0 Å². The highest BCUT2D eigenvalue weighted by Gasteiger charge is 2.02. The fourth-order valence-electron chi connectivity index (χ4n) is 2.14. The van der Waals surface area contributed by atoms with Crippen molar-refractivity contribution in [1.82, 2.24) is 5.32 Å². The van der Waals surface area contributed by atoms with Gasteiger partial charge in [0.1, 0.15) is 0 Å². The number of ether oxygens (including phenoxy) is 1. The minimum atomic E-state index is -0.242. The van der Waals surface area contributed by atoms with Crippen molar-refractivity contribution in [3.63, 3.8) is 0 Å². The Bertz CT molecular complexity index is 494. The molecule has 0 unspecified atom stereocenters. The summed E-state index contributed by atoms with van der Waals surface area (Å²) in [6.45, 7) is 2.38. The Balaban J connectivity index is 2.23. The summed E-state index contributed by atoms with van der Waals surface area (Å²) in [4.78, 5) is 22.2. The molecule has 0 bridgehead atoms. The summed E-state index contributed by atoms with van der Waals surface area (Å²) in [7, 11) is 0. The van der Waals surface area contributed by atoms with E-state index in [-0.39, 0.29) is 12.0 Å². The summed E-state index contributed by atoms with van der Waals surface area (Å²) < 4.78 is 4.89. The van der Waals surface area contributed by atoms with Crippen molar-refractivity contribution < 1.29 is 14.3 Å². The van der Waals surface area contributed by atoms with Crippen LogP contribution < -0.4 is 10.6 Å². The zero-order valence-electron chi connectivity index (χ0n) is 13.6. The molecule has 1 aromatic rings. The number of unbranched alkanes of at least 4 members (excludes halogenated alkanes) is 3. The number of halogens is 1. The molecular weight excluding hydrogens is 316 g/mol. The number of rotatable bonds is 10. The number of carbonyl (C=O) groups excluding carboxylic acids is 2. The molecule has 1 aromatic carbocycles. The first-order valence-electron chi connectivity index (χ1n) is 7.95. The molecule has 0 atom stereocenters. The number of esters is 1. The quantitative estimate of drug-likeness (QED) is 0.387. The summed E-state index contributed by atoms with van der Waals surface area (Å²) >= 11 is 5.52. The van der Waals surface area contributed by atoms with Crippen LogP contribution in [0.2, 0.25) is 0 Å². The highest BCUT2D eigenvalue weighted by Crippen LogP contribution is 2.14. The molecule has 0 aliphatic carbocycles. The second-order valence-corrected chi connectivity index (χ2v) is 5.65. The van der Waals surface area contributed by atoms with Gasteiger partial charge in [0, 0.05) is 25.0 Å². The van der Waals surface area contributed by atoms with Gasteiger partial charge in [-0.1, -0.05) is 25.0 Å². The number of nitrogens with one attached hydrogen (secondary N) is 2. The molecule has 0 aliphatic heterocycles. The maximum atomic E-state index is 11.6. The third-order valence-corrected chi connectivity index (χ3v) is 3.42. The van der Waals surface area contributed by atoms with Crippen LogP contribution in [0.4, 0.5) is 10.5 Å². The summed E-state index contributed by atoms with van der Waals surface area (Å²) in [6.07, 6.45) is 5.08. The fraction of sp³-hybridized carbons (Fsp3) is 0.529. The van der Waals surface area contributed by atoms with E-state index in [9.17, 15) is 9.59 Å². The van der Waals surface area contributed by atoms with Crippen molar-refractivity contribution in [3.8, 4) is 0 Å². The molecule has 2 amide bonds. The Morgan fingerprint density at radius 3 is 2.70 bits per heavy atom. The fourth-order valence-corrected chi connectivity index (χ4v) is 2.24. The molecule has 0 aromatic heterocycles. The lowest BCUT2D eigenvalue weighted by Gasteiger charge is -2.08. The Kier molecular flexibility index (Phi) is 9.87. The normalized spacial score (nSPS) is 10.2. The van der Waals surface area contributed by atoms with E-state index in [4.69, 9.17) is 16.3 Å². The lowest BCUT2D eigenvalue weighted by atomic mass is 10.1. The minimum Gasteiger partial charge on any atom is -0.466 e. The van der Waals surface area contributed by atoms with Crippen LogP contribution in [0.15, 0.2) is 24.3 Å². The van der Waals surface area contributed by atoms with Gasteiger partial charge in [-0.25, -0.2) is 4.79 Å². The smallest absolute Gasteiger partial charge is 0.319 e. The molecule has 0 fully saturated rings. The van der Waals surface area contributed by atoms with Crippen LogP contribution in [0, 0.1) is 0 Å². The first-order chi connectivity index (χ1) is 11.1. The molecule has 5 nitrogen and oxygen atoms in total. The predicted octanol–water partition coefficient (Wildman–Crippen LogP) is 3.71. The van der Waals surface area contributed by atoms with Crippen LogP contribution in [0.5, 0.6) is 0 Å². The van der Waals surface area contributed by atoms with Crippen molar-refractivity contribution in [3.05, 3.63) is 29.8 Å². The van der Waals surface area contributed by atoms with Gasteiger partial charge >= 0.3 is 12.0 Å². The van der Waals surface area contributed by atoms with Gasteiger partial charge in [0.25, 0.3) is 0 Å². The Morgan fingerprint density at radius 2 is 1.96 bits per heavy atom. The van der Waals surface area contributed by atoms with Crippen LogP contribution in [-0.2, 0) is 16.0 Å². The van der Waals surface area contributed by atoms with E-state index in [1.807, 2.05) is 18.2 Å². The second kappa shape index (κ2) is 11.8. The number of hydrogen-bond acceptors (Lipinski definition) is 3. The second-order valence-electron chi connectivity index (χ2n) is 5.27. The molecule has 1 rings (SSSR count). The molecule has 0 heterocycles. The van der Waals surface area contributed by atoms with Gasteiger partial charge in [-0.2, -0.15) is 0 Å². The molecular formula is C17H25ClN2O3. The summed E-state index contributed by atoms with van der Waals surface area (Å²) in [6, 6.07) is 7.60. The summed E-state index contributed by atoms with van der Waals surface area (Å²) in [5.41, 5.74) is 1.98. The summed E-state index contributed by atoms with van der Waals surface area (Å²) in [5.74, 6) is 0.176. The maximum absolute atomic E-state index is 11.6. The topological polar surface area (TPSA) is 67.4 Å². The molecule has 0 saturated heterocycles. The third-order valence-electron chi connectivity index (χ3n) is 3.23. The molecule has 0 spiro atoms. The van der Waals surface area contributed by atoms with Gasteiger partial charge in [-0.05, 0) is 37.0 Å². The third kappa shape index (κ3) is 9.79. The van der Waals surface area contributed by atoms with E-state index >= 15 is 0 Å². The van der Waals surface area contributed by atoms with Gasteiger partial charge in [0.15, 0.2) is 0 Å². The number of urea groups is 1. The zero-order chi connectivity index (χ0) is 16.9. The molecule has 0 aliphatic rings. The molecule has 0 radical (unpaired) electrons. The van der Waals surface area contributed by atoms with Crippen molar-refractivity contribution in [2.24, 2.45) is 0 Å². The monoisotopic (exact) mass is 340 g/mol. The standard InChI is InChI=1S/C17H25ClN2O3/c1-14(21)23-12-5-3-2-4-7-15-8-6-9-16(13-15)20-17(22)19-11-10-18/h6,8-9,13H,2-5,7,10-12H2,1H3,(H2,19,20,22). The van der Waals surface area contributed by atoms with Gasteiger partial charge in [-0.3, -0.25) is 4.79 Å². The number of benzene rings is 1. The van der Waals surface area contributed by atoms with Crippen molar-refractivity contribution in [2.45, 2.75) is 39.0 Å². The van der Waals surface area contributed by atoms with E-state index in [0.29, 0.717) is 19.0 Å². The van der Waals surface area contributed by atoms with Gasteiger partial charge < -0.3 is 15.4 Å². The van der Waals surface area contributed by atoms with E-state index in [0.717, 1.165) is 37.8 Å². The number of anilines is 1. The number of hydrogen-bond donors (Lipinski definition) is 2. The molecule has 2 N–H and O–H groups in total. The number of aryl methyl sites for hydroxylation is 1. The van der Waals surface area contributed by atoms with Crippen molar-refractivity contribution in [1.29, 1.82) is 0 Å². The number of amides is 2. The van der Waals surface area contributed by atoms with Crippen LogP contribution in [0.1, 0.15) is 38.2 Å². The average molecular weight is 341 g/mol. The maximum Gasteiger partial charge on any atom is 0.319 e. The predicted molar refractivity (Wildman–Crippen MR) is 93.0 cm³/mol. The number of carbonyl (C=O) groups is 2. The molecule has 23 heavy (non-hydrogen) atoms. The molecule has 6 heteroatoms.